The Bertz CT molecular complexity index is 1680. The maximum atomic E-state index is 15.2. The molecular formula is C30H26ClF2N5O4. The SMILES string of the molecule is COC(=O)Cc1ccc2c(c1)NC(=O)CCCC[C@H](NC(=O)c1cnn(-c3cccc(Cl)c3F)c1)c1cc-2ncc1F. The Kier molecular flexibility index (Phi) is 8.58. The van der Waals surface area contributed by atoms with Crippen LogP contribution in [0.3, 0.4) is 0 Å². The van der Waals surface area contributed by atoms with E-state index < -0.39 is 29.6 Å². The van der Waals surface area contributed by atoms with Gasteiger partial charge in [0.25, 0.3) is 5.91 Å². The van der Waals surface area contributed by atoms with Gasteiger partial charge in [0, 0.05) is 23.7 Å². The standard InChI is InChI=1S/C30H26ClF2N5O4/c1-42-28(40)12-17-9-10-19-24-13-20(22(32)15-34-24)23(6-2-3-8-27(39)36-25(19)11-17)37-30(41)18-14-35-38(16-18)26-7-4-5-21(31)29(26)33/h4-5,7,9-11,13-16,23H,2-3,6,8,12H2,1H3,(H,36,39)(H,37,41)/t23-/m0/s1. The Hall–Kier alpha value is -4.64. The highest BCUT2D eigenvalue weighted by atomic mass is 35.5. The minimum Gasteiger partial charge on any atom is -0.469 e. The molecule has 2 bridgehead atoms. The van der Waals surface area contributed by atoms with E-state index in [1.165, 1.54) is 42.4 Å². The number of benzene rings is 2. The molecule has 2 amide bonds. The van der Waals surface area contributed by atoms with Gasteiger partial charge >= 0.3 is 5.97 Å². The van der Waals surface area contributed by atoms with Crippen LogP contribution < -0.4 is 10.6 Å². The van der Waals surface area contributed by atoms with E-state index in [0.29, 0.717) is 41.8 Å². The summed E-state index contributed by atoms with van der Waals surface area (Å²) in [5.41, 5.74) is 2.37. The zero-order valence-corrected chi connectivity index (χ0v) is 23.3. The Morgan fingerprint density at radius 3 is 2.81 bits per heavy atom. The number of nitrogens with zero attached hydrogens (tertiary/aromatic N) is 3. The monoisotopic (exact) mass is 593 g/mol. The lowest BCUT2D eigenvalue weighted by Gasteiger charge is -2.22. The van der Waals surface area contributed by atoms with Gasteiger partial charge in [0.2, 0.25) is 5.91 Å². The summed E-state index contributed by atoms with van der Waals surface area (Å²) >= 11 is 5.88. The minimum absolute atomic E-state index is 0.0103. The number of halogens is 3. The fourth-order valence-corrected chi connectivity index (χ4v) is 4.94. The van der Waals surface area contributed by atoms with Crippen LogP contribution in [0, 0.1) is 11.6 Å². The van der Waals surface area contributed by atoms with Gasteiger partial charge in [-0.25, -0.2) is 13.5 Å². The summed E-state index contributed by atoms with van der Waals surface area (Å²) < 4.78 is 35.7. The number of anilines is 1. The summed E-state index contributed by atoms with van der Waals surface area (Å²) in [5, 5.41) is 9.76. The van der Waals surface area contributed by atoms with E-state index in [1.807, 2.05) is 0 Å². The Labute approximate surface area is 244 Å². The van der Waals surface area contributed by atoms with E-state index in [2.05, 4.69) is 20.7 Å². The molecule has 0 saturated heterocycles. The van der Waals surface area contributed by atoms with Crippen molar-refractivity contribution in [2.75, 3.05) is 12.4 Å². The highest BCUT2D eigenvalue weighted by Crippen LogP contribution is 2.33. The number of methoxy groups -OCH3 is 1. The molecule has 1 aliphatic rings. The smallest absolute Gasteiger partial charge is 0.309 e. The van der Waals surface area contributed by atoms with Crippen molar-refractivity contribution in [2.45, 2.75) is 38.1 Å². The van der Waals surface area contributed by atoms with Gasteiger partial charge in [-0.1, -0.05) is 36.2 Å². The van der Waals surface area contributed by atoms with Crippen LogP contribution in [-0.4, -0.2) is 39.7 Å². The molecule has 9 nitrogen and oxygen atoms in total. The predicted octanol–water partition coefficient (Wildman–Crippen LogP) is 5.57. The van der Waals surface area contributed by atoms with Crippen molar-refractivity contribution in [1.29, 1.82) is 0 Å². The third-order valence-corrected chi connectivity index (χ3v) is 7.24. The molecule has 0 radical (unpaired) electrons. The third-order valence-electron chi connectivity index (χ3n) is 6.95. The van der Waals surface area contributed by atoms with Crippen molar-refractivity contribution in [1.82, 2.24) is 20.1 Å². The molecule has 0 aliphatic carbocycles. The van der Waals surface area contributed by atoms with Crippen LogP contribution in [0.2, 0.25) is 5.02 Å². The molecule has 1 atom stereocenters. The van der Waals surface area contributed by atoms with E-state index in [1.54, 1.807) is 24.3 Å². The fourth-order valence-electron chi connectivity index (χ4n) is 4.77. The lowest BCUT2D eigenvalue weighted by Crippen LogP contribution is -2.29. The van der Waals surface area contributed by atoms with Gasteiger partial charge < -0.3 is 15.4 Å². The number of fused-ring (bicyclic) bond motifs is 4. The summed E-state index contributed by atoms with van der Waals surface area (Å²) in [7, 11) is 1.29. The largest absolute Gasteiger partial charge is 0.469 e. The maximum absolute atomic E-state index is 15.2. The third kappa shape index (κ3) is 6.31. The average Bonchev–Trinajstić information content (AvgIpc) is 3.46. The number of nitrogens with one attached hydrogen (secondary N) is 2. The van der Waals surface area contributed by atoms with Crippen LogP contribution >= 0.6 is 11.6 Å². The number of rotatable bonds is 5. The van der Waals surface area contributed by atoms with Crippen molar-refractivity contribution in [2.24, 2.45) is 0 Å². The molecule has 0 fully saturated rings. The molecule has 42 heavy (non-hydrogen) atoms. The molecular weight excluding hydrogens is 568 g/mol. The number of hydrogen-bond acceptors (Lipinski definition) is 6. The first kappa shape index (κ1) is 28.9. The van der Waals surface area contributed by atoms with Gasteiger partial charge in [0.1, 0.15) is 11.5 Å². The first-order valence-electron chi connectivity index (χ1n) is 13.2. The van der Waals surface area contributed by atoms with Gasteiger partial charge in [0.15, 0.2) is 5.82 Å². The summed E-state index contributed by atoms with van der Waals surface area (Å²) in [6.45, 7) is 0. The van der Waals surface area contributed by atoms with Gasteiger partial charge in [-0.05, 0) is 42.7 Å². The van der Waals surface area contributed by atoms with Crippen LogP contribution in [0.25, 0.3) is 16.9 Å². The summed E-state index contributed by atoms with van der Waals surface area (Å²) in [5.74, 6) is -2.48. The molecule has 2 N–H and O–H groups in total. The molecule has 1 aliphatic heterocycles. The highest BCUT2D eigenvalue weighted by Gasteiger charge is 2.23. The number of esters is 1. The molecule has 0 saturated carbocycles. The lowest BCUT2D eigenvalue weighted by atomic mass is 9.96. The van der Waals surface area contributed by atoms with Crippen molar-refractivity contribution in [3.8, 4) is 16.9 Å². The van der Waals surface area contributed by atoms with Crippen molar-refractivity contribution < 1.29 is 27.9 Å². The molecule has 3 heterocycles. The van der Waals surface area contributed by atoms with Crippen LogP contribution in [-0.2, 0) is 20.7 Å². The maximum Gasteiger partial charge on any atom is 0.309 e. The van der Waals surface area contributed by atoms with Crippen LogP contribution in [0.15, 0.2) is 61.1 Å². The van der Waals surface area contributed by atoms with Crippen molar-refractivity contribution >= 4 is 35.1 Å². The topological polar surface area (TPSA) is 115 Å². The second-order valence-corrected chi connectivity index (χ2v) is 10.2. The molecule has 0 spiro atoms. The molecule has 216 valence electrons. The predicted molar refractivity (Wildman–Crippen MR) is 151 cm³/mol. The van der Waals surface area contributed by atoms with Crippen LogP contribution in [0.5, 0.6) is 0 Å². The molecule has 0 unspecified atom stereocenters. The van der Waals surface area contributed by atoms with Crippen molar-refractivity contribution in [3.63, 3.8) is 0 Å². The summed E-state index contributed by atoms with van der Waals surface area (Å²) in [4.78, 5) is 42.1. The number of carbonyl (C=O) groups excluding carboxylic acids is 3. The first-order valence-corrected chi connectivity index (χ1v) is 13.6. The molecule has 2 aromatic carbocycles. The summed E-state index contributed by atoms with van der Waals surface area (Å²) in [6, 6.07) is 10.3. The molecule has 2 aromatic heterocycles. The molecule has 12 heteroatoms. The lowest BCUT2D eigenvalue weighted by molar-refractivity contribution is -0.139. The number of carbonyl (C=O) groups is 3. The normalized spacial score (nSPS) is 15.0. The number of ether oxygens (including phenoxy) is 1. The van der Waals surface area contributed by atoms with E-state index in [9.17, 15) is 18.8 Å². The Morgan fingerprint density at radius 2 is 2.00 bits per heavy atom. The second-order valence-electron chi connectivity index (χ2n) is 9.79. The van der Waals surface area contributed by atoms with E-state index in [-0.39, 0.29) is 40.6 Å². The quantitative estimate of drug-likeness (QED) is 0.293. The van der Waals surface area contributed by atoms with Gasteiger partial charge in [-0.3, -0.25) is 19.4 Å². The zero-order chi connectivity index (χ0) is 29.8. The van der Waals surface area contributed by atoms with Crippen LogP contribution in [0.4, 0.5) is 14.5 Å². The van der Waals surface area contributed by atoms with E-state index in [4.69, 9.17) is 16.3 Å². The fraction of sp³-hybridized carbons (Fsp3) is 0.233. The summed E-state index contributed by atoms with van der Waals surface area (Å²) in [6.07, 6.45) is 5.27. The minimum atomic E-state index is -0.755. The van der Waals surface area contributed by atoms with Gasteiger partial charge in [0.05, 0.1) is 53.9 Å². The first-order chi connectivity index (χ1) is 20.2. The average molecular weight is 594 g/mol. The molecule has 5 rings (SSSR count). The number of aromatic nitrogens is 3. The highest BCUT2D eigenvalue weighted by molar-refractivity contribution is 6.30. The van der Waals surface area contributed by atoms with Gasteiger partial charge in [-0.2, -0.15) is 5.10 Å². The number of amides is 2. The zero-order valence-electron chi connectivity index (χ0n) is 22.5. The molecule has 4 aromatic rings. The van der Waals surface area contributed by atoms with Crippen molar-refractivity contribution in [3.05, 3.63) is 94.4 Å². The van der Waals surface area contributed by atoms with E-state index >= 15 is 4.39 Å². The second kappa shape index (κ2) is 12.5. The Balaban J connectivity index is 1.47. The number of hydrogen-bond donors (Lipinski definition) is 2. The van der Waals surface area contributed by atoms with E-state index in [0.717, 1.165) is 6.20 Å². The van der Waals surface area contributed by atoms with Gasteiger partial charge in [-0.15, -0.1) is 0 Å². The number of pyridine rings is 1. The van der Waals surface area contributed by atoms with Crippen LogP contribution in [0.1, 0.15) is 53.2 Å². The Morgan fingerprint density at radius 1 is 1.17 bits per heavy atom.